The summed E-state index contributed by atoms with van der Waals surface area (Å²) >= 11 is 0. The summed E-state index contributed by atoms with van der Waals surface area (Å²) in [5.41, 5.74) is -0.964. The molecule has 0 unspecified atom stereocenters. The first kappa shape index (κ1) is 22.2. The number of aryl methyl sites for hydroxylation is 1. The Morgan fingerprint density at radius 3 is 2.56 bits per heavy atom. The van der Waals surface area contributed by atoms with Gasteiger partial charge < -0.3 is 4.98 Å². The van der Waals surface area contributed by atoms with Gasteiger partial charge in [0.15, 0.2) is 5.82 Å². The van der Waals surface area contributed by atoms with E-state index in [2.05, 4.69) is 15.0 Å². The topological polar surface area (TPSA) is 105 Å². The lowest BCUT2D eigenvalue weighted by Gasteiger charge is -2.28. The van der Waals surface area contributed by atoms with Gasteiger partial charge in [-0.2, -0.15) is 0 Å². The molecule has 2 heterocycles. The summed E-state index contributed by atoms with van der Waals surface area (Å²) in [7, 11) is -4.24. The third-order valence-electron chi connectivity index (χ3n) is 5.58. The van der Waals surface area contributed by atoms with Crippen molar-refractivity contribution in [3.05, 3.63) is 53.1 Å². The SMILES string of the molecule is Cc1ncnc2[nH]cc(C(=O)c3c(F)ccc(NS(=O)(=O)C4CCC(F)(F)CC4)c3F)c12. The van der Waals surface area contributed by atoms with Crippen LogP contribution in [0.15, 0.2) is 24.7 Å². The summed E-state index contributed by atoms with van der Waals surface area (Å²) in [5, 5.41) is -0.871. The molecule has 7 nitrogen and oxygen atoms in total. The number of aromatic nitrogens is 3. The number of anilines is 1. The maximum atomic E-state index is 15.1. The lowest BCUT2D eigenvalue weighted by molar-refractivity contribution is -0.0328. The predicted octanol–water partition coefficient (Wildman–Crippen LogP) is 4.10. The molecule has 2 N–H and O–H groups in total. The van der Waals surface area contributed by atoms with Gasteiger partial charge in [-0.05, 0) is 31.9 Å². The Hall–Kier alpha value is -3.02. The molecule has 12 heteroatoms. The Morgan fingerprint density at radius 2 is 1.88 bits per heavy atom. The molecule has 1 saturated carbocycles. The number of hydrogen-bond donors (Lipinski definition) is 2. The molecular formula is C20H18F4N4O3S. The predicted molar refractivity (Wildman–Crippen MR) is 108 cm³/mol. The van der Waals surface area contributed by atoms with Gasteiger partial charge >= 0.3 is 0 Å². The van der Waals surface area contributed by atoms with Crippen molar-refractivity contribution in [2.45, 2.75) is 43.8 Å². The summed E-state index contributed by atoms with van der Waals surface area (Å²) in [6.45, 7) is 1.60. The number of nitrogens with zero attached hydrogens (tertiary/aromatic N) is 2. The molecule has 0 amide bonds. The number of halogens is 4. The first-order chi connectivity index (χ1) is 15.0. The quantitative estimate of drug-likeness (QED) is 0.432. The largest absolute Gasteiger partial charge is 0.345 e. The van der Waals surface area contributed by atoms with E-state index in [1.807, 2.05) is 4.72 Å². The molecule has 1 aliphatic rings. The summed E-state index contributed by atoms with van der Waals surface area (Å²) in [4.78, 5) is 23.7. The van der Waals surface area contributed by atoms with Crippen molar-refractivity contribution in [2.75, 3.05) is 4.72 Å². The average molecular weight is 470 g/mol. The second-order valence-electron chi connectivity index (χ2n) is 7.70. The number of carbonyl (C=O) groups excluding carboxylic acids is 1. The summed E-state index contributed by atoms with van der Waals surface area (Å²) < 4.78 is 83.6. The van der Waals surface area contributed by atoms with E-state index in [4.69, 9.17) is 0 Å². The molecule has 4 rings (SSSR count). The molecule has 0 spiro atoms. The summed E-state index contributed by atoms with van der Waals surface area (Å²) in [6.07, 6.45) is 0.705. The van der Waals surface area contributed by atoms with Gasteiger partial charge in [-0.1, -0.05) is 0 Å². The number of hydrogen-bond acceptors (Lipinski definition) is 5. The van der Waals surface area contributed by atoms with Crippen molar-refractivity contribution in [1.29, 1.82) is 0 Å². The molecule has 1 aliphatic carbocycles. The van der Waals surface area contributed by atoms with Gasteiger partial charge in [0.1, 0.15) is 17.8 Å². The van der Waals surface area contributed by atoms with Crippen LogP contribution in [0, 0.1) is 18.6 Å². The van der Waals surface area contributed by atoms with Crippen LogP contribution >= 0.6 is 0 Å². The smallest absolute Gasteiger partial charge is 0.248 e. The number of nitrogens with one attached hydrogen (secondary N) is 2. The van der Waals surface area contributed by atoms with E-state index in [-0.39, 0.29) is 23.8 Å². The lowest BCUT2D eigenvalue weighted by Crippen LogP contribution is -2.35. The van der Waals surface area contributed by atoms with E-state index in [0.29, 0.717) is 11.3 Å². The van der Waals surface area contributed by atoms with E-state index in [1.165, 1.54) is 12.5 Å². The van der Waals surface area contributed by atoms with Gasteiger partial charge in [0.25, 0.3) is 0 Å². The molecule has 0 atom stereocenters. The molecule has 1 fully saturated rings. The van der Waals surface area contributed by atoms with Crippen LogP contribution in [0.1, 0.15) is 47.3 Å². The maximum absolute atomic E-state index is 15.1. The van der Waals surface area contributed by atoms with Crippen LogP contribution in [0.25, 0.3) is 11.0 Å². The minimum Gasteiger partial charge on any atom is -0.345 e. The highest BCUT2D eigenvalue weighted by atomic mass is 32.2. The number of aromatic amines is 1. The average Bonchev–Trinajstić information content (AvgIpc) is 3.15. The number of benzene rings is 1. The zero-order chi connectivity index (χ0) is 23.3. The van der Waals surface area contributed by atoms with Gasteiger partial charge in [0.2, 0.25) is 21.7 Å². The van der Waals surface area contributed by atoms with Crippen LogP contribution in [0.3, 0.4) is 0 Å². The molecule has 0 saturated heterocycles. The Kier molecular flexibility index (Phi) is 5.43. The van der Waals surface area contributed by atoms with Crippen LogP contribution in [0.4, 0.5) is 23.2 Å². The molecule has 32 heavy (non-hydrogen) atoms. The third-order valence-corrected chi connectivity index (χ3v) is 7.43. The standard InChI is InChI=1S/C20H18F4N4O3S/c1-10-15-12(8-25-19(15)27-9-26-10)18(29)16-13(21)2-3-14(17(16)22)28-32(30,31)11-4-6-20(23,24)7-5-11/h2-3,8-9,11,28H,4-7H2,1H3,(H,25,26,27). The molecule has 170 valence electrons. The molecule has 1 aromatic carbocycles. The van der Waals surface area contributed by atoms with Gasteiger partial charge in [0, 0.05) is 19.0 Å². The van der Waals surface area contributed by atoms with Gasteiger partial charge in [0.05, 0.1) is 33.1 Å². The highest BCUT2D eigenvalue weighted by molar-refractivity contribution is 7.93. The maximum Gasteiger partial charge on any atom is 0.248 e. The number of alkyl halides is 2. The number of rotatable bonds is 5. The van der Waals surface area contributed by atoms with Gasteiger partial charge in [-0.15, -0.1) is 0 Å². The van der Waals surface area contributed by atoms with Crippen molar-refractivity contribution in [3.8, 4) is 0 Å². The molecule has 0 bridgehead atoms. The van der Waals surface area contributed by atoms with Gasteiger partial charge in [-0.25, -0.2) is 35.9 Å². The highest BCUT2D eigenvalue weighted by Crippen LogP contribution is 2.36. The van der Waals surface area contributed by atoms with Crippen LogP contribution in [0.5, 0.6) is 0 Å². The van der Waals surface area contributed by atoms with E-state index < -0.39 is 62.7 Å². The van der Waals surface area contributed by atoms with E-state index in [1.54, 1.807) is 6.92 Å². The summed E-state index contributed by atoms with van der Waals surface area (Å²) in [5.74, 6) is -6.55. The Balaban J connectivity index is 1.68. The van der Waals surface area contributed by atoms with Crippen molar-refractivity contribution in [3.63, 3.8) is 0 Å². The number of ketones is 1. The van der Waals surface area contributed by atoms with Crippen LogP contribution in [-0.4, -0.2) is 40.3 Å². The zero-order valence-electron chi connectivity index (χ0n) is 16.8. The van der Waals surface area contributed by atoms with Crippen LogP contribution in [0.2, 0.25) is 0 Å². The molecular weight excluding hydrogens is 452 g/mol. The van der Waals surface area contributed by atoms with Gasteiger partial charge in [-0.3, -0.25) is 9.52 Å². The second kappa shape index (κ2) is 7.84. The van der Waals surface area contributed by atoms with E-state index in [0.717, 1.165) is 12.1 Å². The monoisotopic (exact) mass is 470 g/mol. The normalized spacial score (nSPS) is 16.9. The number of sulfonamides is 1. The fourth-order valence-electron chi connectivity index (χ4n) is 3.83. The Bertz CT molecular complexity index is 1310. The molecule has 2 aromatic heterocycles. The fourth-order valence-corrected chi connectivity index (χ4v) is 5.32. The third kappa shape index (κ3) is 3.94. The number of H-pyrrole nitrogens is 1. The van der Waals surface area contributed by atoms with Crippen molar-refractivity contribution < 1.29 is 30.8 Å². The van der Waals surface area contributed by atoms with Crippen molar-refractivity contribution in [1.82, 2.24) is 15.0 Å². The summed E-state index contributed by atoms with van der Waals surface area (Å²) in [6, 6.07) is 1.61. The van der Waals surface area contributed by atoms with E-state index in [9.17, 15) is 26.4 Å². The zero-order valence-corrected chi connectivity index (χ0v) is 17.6. The molecule has 3 aromatic rings. The van der Waals surface area contributed by atoms with Crippen LogP contribution in [-0.2, 0) is 10.0 Å². The Labute approximate surface area is 180 Å². The molecule has 0 aliphatic heterocycles. The first-order valence-corrected chi connectivity index (χ1v) is 11.3. The van der Waals surface area contributed by atoms with Crippen molar-refractivity contribution in [2.24, 2.45) is 0 Å². The number of fused-ring (bicyclic) bond motifs is 1. The molecule has 0 radical (unpaired) electrons. The van der Waals surface area contributed by atoms with Crippen molar-refractivity contribution >= 4 is 32.5 Å². The Morgan fingerprint density at radius 1 is 1.19 bits per heavy atom. The highest BCUT2D eigenvalue weighted by Gasteiger charge is 2.40. The van der Waals surface area contributed by atoms with E-state index >= 15 is 4.39 Å². The fraction of sp³-hybridized carbons (Fsp3) is 0.350. The second-order valence-corrected chi connectivity index (χ2v) is 9.66. The minimum atomic E-state index is -4.24. The van der Waals surface area contributed by atoms with Crippen LogP contribution < -0.4 is 4.72 Å². The number of carbonyl (C=O) groups is 1. The minimum absolute atomic E-state index is 0.0783. The first-order valence-electron chi connectivity index (χ1n) is 9.71. The lowest BCUT2D eigenvalue weighted by atomic mass is 9.96.